The molecule has 3 aromatic rings. The van der Waals surface area contributed by atoms with Gasteiger partial charge < -0.3 is 14.5 Å². The number of morpholine rings is 1. The number of thiazole rings is 1. The van der Waals surface area contributed by atoms with Crippen molar-refractivity contribution in [1.82, 2.24) is 9.88 Å². The van der Waals surface area contributed by atoms with E-state index in [-0.39, 0.29) is 17.7 Å². The second kappa shape index (κ2) is 9.43. The van der Waals surface area contributed by atoms with Gasteiger partial charge in [0.2, 0.25) is 5.91 Å². The number of ether oxygens (including phenoxy) is 1. The van der Waals surface area contributed by atoms with Gasteiger partial charge in [0.15, 0.2) is 0 Å². The van der Waals surface area contributed by atoms with Gasteiger partial charge in [0.1, 0.15) is 0 Å². The third-order valence-corrected chi connectivity index (χ3v) is 7.67. The minimum Gasteiger partial charge on any atom is -0.378 e. The monoisotopic (exact) mass is 447 g/mol. The zero-order valence-corrected chi connectivity index (χ0v) is 19.3. The summed E-state index contributed by atoms with van der Waals surface area (Å²) in [4.78, 5) is 22.8. The molecule has 1 aromatic heterocycles. The second-order valence-electron chi connectivity index (χ2n) is 8.60. The lowest BCUT2D eigenvalue weighted by atomic mass is 9.82. The van der Waals surface area contributed by atoms with E-state index in [0.717, 1.165) is 49.7 Å². The first-order chi connectivity index (χ1) is 15.7. The Balaban J connectivity index is 1.35. The molecule has 0 saturated carbocycles. The highest BCUT2D eigenvalue weighted by Crippen LogP contribution is 2.39. The fraction of sp³-hybridized carbons (Fsp3) is 0.385. The minimum atomic E-state index is -0.0684. The Kier molecular flexibility index (Phi) is 6.23. The van der Waals surface area contributed by atoms with E-state index in [9.17, 15) is 4.79 Å². The molecule has 0 N–H and O–H groups in total. The van der Waals surface area contributed by atoms with Gasteiger partial charge in [-0.1, -0.05) is 42.5 Å². The molecular formula is C26H29N3O2S. The Bertz CT molecular complexity index is 1090. The van der Waals surface area contributed by atoms with Gasteiger partial charge in [-0.3, -0.25) is 4.79 Å². The molecule has 166 valence electrons. The molecule has 2 heterocycles. The summed E-state index contributed by atoms with van der Waals surface area (Å²) < 4.78 is 6.71. The number of carbonyl (C=O) groups is 1. The van der Waals surface area contributed by atoms with Gasteiger partial charge in [-0.25, -0.2) is 4.98 Å². The van der Waals surface area contributed by atoms with Crippen LogP contribution < -0.4 is 4.90 Å². The summed E-state index contributed by atoms with van der Waals surface area (Å²) in [6.07, 6.45) is 6.00. The van der Waals surface area contributed by atoms with E-state index < -0.39 is 0 Å². The van der Waals surface area contributed by atoms with Gasteiger partial charge in [0.05, 0.1) is 34.4 Å². The fourth-order valence-electron chi connectivity index (χ4n) is 4.78. The number of nitrogens with zero attached hydrogens (tertiary/aromatic N) is 3. The molecule has 1 aliphatic carbocycles. The Morgan fingerprint density at radius 1 is 1.09 bits per heavy atom. The molecule has 1 fully saturated rings. The van der Waals surface area contributed by atoms with Crippen molar-refractivity contribution in [3.05, 3.63) is 71.3 Å². The van der Waals surface area contributed by atoms with Crippen molar-refractivity contribution in [2.75, 3.05) is 38.3 Å². The number of hydrogen-bond acceptors (Lipinski definition) is 5. The van der Waals surface area contributed by atoms with Gasteiger partial charge in [-0.15, -0.1) is 11.3 Å². The first kappa shape index (κ1) is 21.2. The number of para-hydroxylation sites is 2. The van der Waals surface area contributed by atoms with E-state index >= 15 is 0 Å². The van der Waals surface area contributed by atoms with E-state index in [0.29, 0.717) is 6.54 Å². The Labute approximate surface area is 193 Å². The number of hydrogen-bond donors (Lipinski definition) is 0. The maximum absolute atomic E-state index is 13.6. The molecule has 1 saturated heterocycles. The Morgan fingerprint density at radius 2 is 1.84 bits per heavy atom. The van der Waals surface area contributed by atoms with Gasteiger partial charge in [-0.2, -0.15) is 0 Å². The predicted octanol–water partition coefficient (Wildman–Crippen LogP) is 4.84. The molecule has 2 aliphatic rings. The molecule has 0 bridgehead atoms. The van der Waals surface area contributed by atoms with E-state index in [2.05, 4.69) is 53.5 Å². The molecule has 0 spiro atoms. The summed E-state index contributed by atoms with van der Waals surface area (Å²) in [6, 6.07) is 16.7. The highest BCUT2D eigenvalue weighted by molar-refractivity contribution is 7.18. The normalized spacial score (nSPS) is 21.1. The minimum absolute atomic E-state index is 0.0684. The van der Waals surface area contributed by atoms with E-state index in [1.165, 1.54) is 16.0 Å². The average molecular weight is 448 g/mol. The van der Waals surface area contributed by atoms with Crippen LogP contribution in [0.2, 0.25) is 0 Å². The highest BCUT2D eigenvalue weighted by Gasteiger charge is 2.34. The summed E-state index contributed by atoms with van der Waals surface area (Å²) in [7, 11) is 1.94. The summed E-state index contributed by atoms with van der Waals surface area (Å²) in [5.41, 5.74) is 3.43. The van der Waals surface area contributed by atoms with Gasteiger partial charge in [0.25, 0.3) is 0 Å². The number of rotatable bonds is 5. The van der Waals surface area contributed by atoms with Crippen LogP contribution >= 0.6 is 11.3 Å². The lowest BCUT2D eigenvalue weighted by Crippen LogP contribution is -2.38. The number of fused-ring (bicyclic) bond motifs is 1. The van der Waals surface area contributed by atoms with Crippen LogP contribution in [0.1, 0.15) is 29.3 Å². The summed E-state index contributed by atoms with van der Waals surface area (Å²) >= 11 is 1.73. The van der Waals surface area contributed by atoms with Crippen molar-refractivity contribution in [3.63, 3.8) is 0 Å². The van der Waals surface area contributed by atoms with Gasteiger partial charge in [-0.05, 0) is 36.6 Å². The van der Waals surface area contributed by atoms with Crippen LogP contribution in [0.3, 0.4) is 0 Å². The lowest BCUT2D eigenvalue weighted by molar-refractivity contribution is -0.135. The Hall–Kier alpha value is -2.70. The zero-order chi connectivity index (χ0) is 21.9. The molecule has 0 radical (unpaired) electrons. The molecule has 0 unspecified atom stereocenters. The SMILES string of the molecule is CN(Cc1ccccc1N1CCOCC1)C(=O)[C@H]1CC=CC[C@H]1c1nc2ccccc2s1. The average Bonchev–Trinajstić information content (AvgIpc) is 3.29. The van der Waals surface area contributed by atoms with Crippen LogP contribution in [0.4, 0.5) is 5.69 Å². The summed E-state index contributed by atoms with van der Waals surface area (Å²) in [5.74, 6) is 0.276. The second-order valence-corrected chi connectivity index (χ2v) is 9.66. The van der Waals surface area contributed by atoms with Gasteiger partial charge in [0, 0.05) is 38.3 Å². The topological polar surface area (TPSA) is 45.7 Å². The molecule has 6 heteroatoms. The summed E-state index contributed by atoms with van der Waals surface area (Å²) in [5, 5.41) is 1.08. The Morgan fingerprint density at radius 3 is 2.69 bits per heavy atom. The van der Waals surface area contributed by atoms with Crippen molar-refractivity contribution in [1.29, 1.82) is 0 Å². The van der Waals surface area contributed by atoms with Crippen LogP contribution in [-0.4, -0.2) is 49.1 Å². The molecular weight excluding hydrogens is 418 g/mol. The smallest absolute Gasteiger partial charge is 0.226 e. The fourth-order valence-corrected chi connectivity index (χ4v) is 5.93. The third-order valence-electron chi connectivity index (χ3n) is 6.50. The largest absolute Gasteiger partial charge is 0.378 e. The molecule has 2 aromatic carbocycles. The van der Waals surface area contributed by atoms with Gasteiger partial charge >= 0.3 is 0 Å². The van der Waals surface area contributed by atoms with E-state index in [1.54, 1.807) is 11.3 Å². The number of aromatic nitrogens is 1. The number of anilines is 1. The van der Waals surface area contributed by atoms with Crippen molar-refractivity contribution >= 4 is 33.1 Å². The van der Waals surface area contributed by atoms with Crippen LogP contribution in [0.25, 0.3) is 10.2 Å². The number of benzene rings is 2. The standard InChI is InChI=1S/C26H29N3O2S/c1-28(18-19-8-2-6-12-23(19)29-14-16-31-17-15-29)26(30)21-10-4-3-9-20(21)25-27-22-11-5-7-13-24(22)32-25/h2-8,11-13,20-21H,9-10,14-18H2,1H3/t20-,21+/m1/s1. The zero-order valence-electron chi connectivity index (χ0n) is 18.4. The van der Waals surface area contributed by atoms with E-state index in [1.807, 2.05) is 24.1 Å². The third kappa shape index (κ3) is 4.30. The molecule has 32 heavy (non-hydrogen) atoms. The maximum atomic E-state index is 13.6. The number of allylic oxidation sites excluding steroid dienone is 2. The quantitative estimate of drug-likeness (QED) is 0.525. The van der Waals surface area contributed by atoms with Crippen molar-refractivity contribution in [3.8, 4) is 0 Å². The highest BCUT2D eigenvalue weighted by atomic mass is 32.1. The predicted molar refractivity (Wildman–Crippen MR) is 130 cm³/mol. The summed E-state index contributed by atoms with van der Waals surface area (Å²) in [6.45, 7) is 3.89. The number of carbonyl (C=O) groups excluding carboxylic acids is 1. The molecule has 2 atom stereocenters. The van der Waals surface area contributed by atoms with Crippen molar-refractivity contribution in [2.24, 2.45) is 5.92 Å². The number of amides is 1. The first-order valence-corrected chi connectivity index (χ1v) is 12.2. The maximum Gasteiger partial charge on any atom is 0.226 e. The molecule has 1 aliphatic heterocycles. The molecule has 5 rings (SSSR count). The van der Waals surface area contributed by atoms with Crippen molar-refractivity contribution in [2.45, 2.75) is 25.3 Å². The van der Waals surface area contributed by atoms with Crippen LogP contribution in [-0.2, 0) is 16.1 Å². The lowest BCUT2D eigenvalue weighted by Gasteiger charge is -2.33. The van der Waals surface area contributed by atoms with Crippen LogP contribution in [0.5, 0.6) is 0 Å². The van der Waals surface area contributed by atoms with Crippen LogP contribution in [0, 0.1) is 5.92 Å². The first-order valence-electron chi connectivity index (χ1n) is 11.4. The molecule has 1 amide bonds. The van der Waals surface area contributed by atoms with Crippen molar-refractivity contribution < 1.29 is 9.53 Å². The molecule has 5 nitrogen and oxygen atoms in total. The van der Waals surface area contributed by atoms with Crippen LogP contribution in [0.15, 0.2) is 60.7 Å². The van der Waals surface area contributed by atoms with E-state index in [4.69, 9.17) is 9.72 Å².